The highest BCUT2D eigenvalue weighted by molar-refractivity contribution is 5.70. The van der Waals surface area contributed by atoms with Gasteiger partial charge in [0.2, 0.25) is 0 Å². The van der Waals surface area contributed by atoms with Crippen molar-refractivity contribution in [1.29, 1.82) is 0 Å². The highest BCUT2D eigenvalue weighted by Gasteiger charge is 2.40. The molecule has 1 aromatic rings. The molecule has 0 atom stereocenters. The number of hydrogen-bond acceptors (Lipinski definition) is 5. The summed E-state index contributed by atoms with van der Waals surface area (Å²) in [7, 11) is 0. The van der Waals surface area contributed by atoms with Gasteiger partial charge in [-0.1, -0.05) is 44.2 Å². The van der Waals surface area contributed by atoms with Crippen LogP contribution in [0, 0.1) is 5.92 Å². The van der Waals surface area contributed by atoms with E-state index in [2.05, 4.69) is 13.8 Å². The normalized spacial score (nSPS) is 16.4. The third-order valence-corrected chi connectivity index (χ3v) is 4.91. The van der Waals surface area contributed by atoms with Crippen LogP contribution in [0.15, 0.2) is 30.3 Å². The van der Waals surface area contributed by atoms with Gasteiger partial charge in [-0.05, 0) is 31.2 Å². The van der Waals surface area contributed by atoms with Crippen LogP contribution in [-0.4, -0.2) is 48.9 Å². The van der Waals surface area contributed by atoms with Crippen molar-refractivity contribution in [2.45, 2.75) is 45.8 Å². The predicted molar refractivity (Wildman–Crippen MR) is 97.6 cm³/mol. The van der Waals surface area contributed by atoms with Crippen molar-refractivity contribution in [2.24, 2.45) is 5.92 Å². The second-order valence-electron chi connectivity index (χ2n) is 6.84. The maximum atomic E-state index is 12.3. The number of piperidine rings is 1. The smallest absolute Gasteiger partial charge is 0.410 e. The Morgan fingerprint density at radius 3 is 2.35 bits per heavy atom. The number of rotatable bonds is 7. The molecule has 2 rings (SSSR count). The van der Waals surface area contributed by atoms with E-state index in [-0.39, 0.29) is 31.2 Å². The lowest BCUT2D eigenvalue weighted by Crippen LogP contribution is -2.51. The fourth-order valence-corrected chi connectivity index (χ4v) is 3.17. The molecule has 26 heavy (non-hydrogen) atoms. The summed E-state index contributed by atoms with van der Waals surface area (Å²) < 4.78 is 16.3. The monoisotopic (exact) mass is 363 g/mol. The van der Waals surface area contributed by atoms with Gasteiger partial charge in [0, 0.05) is 13.1 Å². The van der Waals surface area contributed by atoms with Crippen LogP contribution < -0.4 is 0 Å². The molecule has 1 heterocycles. The molecule has 0 unspecified atom stereocenters. The highest BCUT2D eigenvalue weighted by Crippen LogP contribution is 2.34. The van der Waals surface area contributed by atoms with Gasteiger partial charge in [0.1, 0.15) is 13.2 Å². The van der Waals surface area contributed by atoms with Crippen molar-refractivity contribution in [2.75, 3.05) is 26.3 Å². The first-order chi connectivity index (χ1) is 12.5. The Labute approximate surface area is 155 Å². The number of ether oxygens (including phenoxy) is 3. The molecule has 0 radical (unpaired) electrons. The Hall–Kier alpha value is -2.08. The summed E-state index contributed by atoms with van der Waals surface area (Å²) in [4.78, 5) is 25.6. The molecule has 1 saturated heterocycles. The summed E-state index contributed by atoms with van der Waals surface area (Å²) in [5.41, 5.74) is 0.551. The summed E-state index contributed by atoms with van der Waals surface area (Å²) in [6, 6.07) is 9.62. The van der Waals surface area contributed by atoms with E-state index in [1.165, 1.54) is 0 Å². The van der Waals surface area contributed by atoms with E-state index in [1.54, 1.807) is 11.8 Å². The van der Waals surface area contributed by atoms with E-state index >= 15 is 0 Å². The van der Waals surface area contributed by atoms with E-state index in [1.807, 2.05) is 30.3 Å². The van der Waals surface area contributed by atoms with E-state index in [0.717, 1.165) is 5.56 Å². The summed E-state index contributed by atoms with van der Waals surface area (Å²) >= 11 is 0. The molecule has 0 N–H and O–H groups in total. The van der Waals surface area contributed by atoms with Gasteiger partial charge in [0.25, 0.3) is 0 Å². The molecule has 6 nitrogen and oxygen atoms in total. The minimum absolute atomic E-state index is 0.0511. The largest absolute Gasteiger partial charge is 0.464 e. The first-order valence-electron chi connectivity index (χ1n) is 9.22. The average molecular weight is 363 g/mol. The zero-order valence-electron chi connectivity index (χ0n) is 15.9. The first kappa shape index (κ1) is 20.2. The van der Waals surface area contributed by atoms with Crippen LogP contribution in [-0.2, 0) is 25.6 Å². The van der Waals surface area contributed by atoms with Gasteiger partial charge in [0.05, 0.1) is 12.2 Å². The van der Waals surface area contributed by atoms with Gasteiger partial charge in [-0.25, -0.2) is 9.59 Å². The van der Waals surface area contributed by atoms with E-state index in [4.69, 9.17) is 14.2 Å². The lowest BCUT2D eigenvalue weighted by Gasteiger charge is -2.43. The van der Waals surface area contributed by atoms with Crippen LogP contribution in [0.2, 0.25) is 0 Å². The van der Waals surface area contributed by atoms with Crippen molar-refractivity contribution >= 4 is 12.1 Å². The molecule has 144 valence electrons. The number of nitrogens with zero attached hydrogens (tertiary/aromatic N) is 1. The summed E-state index contributed by atoms with van der Waals surface area (Å²) in [6.07, 6.45) is 1.03. The van der Waals surface area contributed by atoms with Crippen LogP contribution in [0.25, 0.3) is 0 Å². The second-order valence-corrected chi connectivity index (χ2v) is 6.84. The summed E-state index contributed by atoms with van der Waals surface area (Å²) in [6.45, 7) is 7.59. The molecule has 0 aromatic heterocycles. The topological polar surface area (TPSA) is 65.1 Å². The molecule has 1 amide bonds. The van der Waals surface area contributed by atoms with Crippen molar-refractivity contribution in [3.8, 4) is 0 Å². The van der Waals surface area contributed by atoms with Crippen LogP contribution in [0.1, 0.15) is 39.2 Å². The summed E-state index contributed by atoms with van der Waals surface area (Å²) in [5.74, 6) is -0.114. The van der Waals surface area contributed by atoms with Gasteiger partial charge < -0.3 is 19.1 Å². The van der Waals surface area contributed by atoms with Gasteiger partial charge in [0.15, 0.2) is 0 Å². The Bertz CT molecular complexity index is 579. The van der Waals surface area contributed by atoms with Gasteiger partial charge in [-0.2, -0.15) is 0 Å². The maximum Gasteiger partial charge on any atom is 0.410 e. The first-order valence-corrected chi connectivity index (χ1v) is 9.22. The van der Waals surface area contributed by atoms with Crippen molar-refractivity contribution in [3.63, 3.8) is 0 Å². The highest BCUT2D eigenvalue weighted by atomic mass is 16.6. The lowest BCUT2D eigenvalue weighted by atomic mass is 9.81. The maximum absolute atomic E-state index is 12.3. The van der Waals surface area contributed by atoms with Gasteiger partial charge in [-0.3, -0.25) is 0 Å². The average Bonchev–Trinajstić information content (AvgIpc) is 2.66. The quantitative estimate of drug-likeness (QED) is 0.695. The number of hydrogen-bond donors (Lipinski definition) is 0. The standard InChI is InChI=1S/C20H29NO5/c1-4-24-18(22)15-26-20(16(2)3)10-12-21(13-11-20)19(23)25-14-17-8-6-5-7-9-17/h5-9,16H,4,10-15H2,1-3H3. The fourth-order valence-electron chi connectivity index (χ4n) is 3.17. The predicted octanol–water partition coefficient (Wildman–Crippen LogP) is 3.39. The van der Waals surface area contributed by atoms with Crippen LogP contribution in [0.5, 0.6) is 0 Å². The zero-order valence-corrected chi connectivity index (χ0v) is 15.9. The molecule has 1 aliphatic rings. The van der Waals surface area contributed by atoms with Crippen LogP contribution >= 0.6 is 0 Å². The number of carbonyl (C=O) groups excluding carboxylic acids is 2. The zero-order chi connectivity index (χ0) is 19.0. The number of carbonyl (C=O) groups is 2. The van der Waals surface area contributed by atoms with E-state index in [9.17, 15) is 9.59 Å². The Morgan fingerprint density at radius 1 is 1.12 bits per heavy atom. The third kappa shape index (κ3) is 5.46. The molecular weight excluding hydrogens is 334 g/mol. The molecule has 0 saturated carbocycles. The molecule has 1 aliphatic heterocycles. The number of likely N-dealkylation sites (tertiary alicyclic amines) is 1. The molecule has 6 heteroatoms. The Morgan fingerprint density at radius 2 is 1.77 bits per heavy atom. The minimum atomic E-state index is -0.414. The molecule has 1 aromatic carbocycles. The van der Waals surface area contributed by atoms with Crippen molar-refractivity contribution in [1.82, 2.24) is 4.90 Å². The second kappa shape index (κ2) is 9.57. The van der Waals surface area contributed by atoms with Crippen molar-refractivity contribution in [3.05, 3.63) is 35.9 Å². The lowest BCUT2D eigenvalue weighted by molar-refractivity contribution is -0.164. The van der Waals surface area contributed by atoms with Crippen LogP contribution in [0.3, 0.4) is 0 Å². The third-order valence-electron chi connectivity index (χ3n) is 4.91. The fraction of sp³-hybridized carbons (Fsp3) is 0.600. The molecule has 0 bridgehead atoms. The minimum Gasteiger partial charge on any atom is -0.464 e. The van der Waals surface area contributed by atoms with Crippen molar-refractivity contribution < 1.29 is 23.8 Å². The number of esters is 1. The Kier molecular flexibility index (Phi) is 7.45. The molecule has 1 fully saturated rings. The van der Waals surface area contributed by atoms with Gasteiger partial charge >= 0.3 is 12.1 Å². The number of benzene rings is 1. The van der Waals surface area contributed by atoms with Crippen LogP contribution in [0.4, 0.5) is 4.79 Å². The SMILES string of the molecule is CCOC(=O)COC1(C(C)C)CCN(C(=O)OCc2ccccc2)CC1. The van der Waals surface area contributed by atoms with E-state index < -0.39 is 5.60 Å². The Balaban J connectivity index is 1.84. The molecule has 0 spiro atoms. The number of amides is 1. The molecule has 0 aliphatic carbocycles. The van der Waals surface area contributed by atoms with E-state index in [0.29, 0.717) is 32.5 Å². The summed E-state index contributed by atoms with van der Waals surface area (Å²) in [5, 5.41) is 0. The molecular formula is C20H29NO5. The van der Waals surface area contributed by atoms with Gasteiger partial charge in [-0.15, -0.1) is 0 Å².